The number of nitrogens with zero attached hydrogens (tertiary/aromatic N) is 4. The molecule has 6 heteroatoms. The Bertz CT molecular complexity index is 387. The number of hydrogen-bond donors (Lipinski definition) is 1. The van der Waals surface area contributed by atoms with E-state index in [1.165, 1.54) is 11.1 Å². The quantitative estimate of drug-likeness (QED) is 0.816. The van der Waals surface area contributed by atoms with Crippen LogP contribution in [0.2, 0.25) is 0 Å². The van der Waals surface area contributed by atoms with Gasteiger partial charge in [-0.15, -0.1) is 5.10 Å². The molecule has 1 aliphatic rings. The van der Waals surface area contributed by atoms with E-state index in [0.717, 1.165) is 31.5 Å². The number of rotatable bonds is 6. The third-order valence-electron chi connectivity index (χ3n) is 3.40. The van der Waals surface area contributed by atoms with Crippen molar-refractivity contribution in [2.24, 2.45) is 0 Å². The SMILES string of the molecule is CCCCC(C(=O)O)n1nnnc1C1CCC1. The normalized spacial score (nSPS) is 17.7. The van der Waals surface area contributed by atoms with Crippen LogP contribution in [0.5, 0.6) is 0 Å². The lowest BCUT2D eigenvalue weighted by Crippen LogP contribution is -2.25. The van der Waals surface area contributed by atoms with E-state index in [4.69, 9.17) is 0 Å². The maximum absolute atomic E-state index is 11.3. The summed E-state index contributed by atoms with van der Waals surface area (Å²) in [6.45, 7) is 2.05. The van der Waals surface area contributed by atoms with Crippen molar-refractivity contribution in [3.05, 3.63) is 5.82 Å². The van der Waals surface area contributed by atoms with Crippen molar-refractivity contribution in [1.29, 1.82) is 0 Å². The van der Waals surface area contributed by atoms with Crippen LogP contribution >= 0.6 is 0 Å². The summed E-state index contributed by atoms with van der Waals surface area (Å²) in [6, 6.07) is -0.611. The average Bonchev–Trinajstić information content (AvgIpc) is 2.65. The van der Waals surface area contributed by atoms with Gasteiger partial charge in [0, 0.05) is 5.92 Å². The maximum Gasteiger partial charge on any atom is 0.328 e. The summed E-state index contributed by atoms with van der Waals surface area (Å²) >= 11 is 0. The van der Waals surface area contributed by atoms with Crippen LogP contribution in [0.15, 0.2) is 0 Å². The molecule has 1 heterocycles. The van der Waals surface area contributed by atoms with Crippen molar-refractivity contribution in [3.8, 4) is 0 Å². The van der Waals surface area contributed by atoms with Crippen molar-refractivity contribution in [3.63, 3.8) is 0 Å². The fourth-order valence-corrected chi connectivity index (χ4v) is 2.11. The van der Waals surface area contributed by atoms with Crippen LogP contribution in [-0.2, 0) is 4.79 Å². The van der Waals surface area contributed by atoms with Crippen molar-refractivity contribution >= 4 is 5.97 Å². The van der Waals surface area contributed by atoms with E-state index in [2.05, 4.69) is 15.5 Å². The number of tetrazole rings is 1. The molecule has 17 heavy (non-hydrogen) atoms. The molecule has 0 saturated heterocycles. The molecule has 1 N–H and O–H groups in total. The van der Waals surface area contributed by atoms with Crippen LogP contribution in [-0.4, -0.2) is 31.3 Å². The Morgan fingerprint density at radius 1 is 1.59 bits per heavy atom. The summed E-state index contributed by atoms with van der Waals surface area (Å²) in [5, 5.41) is 20.7. The topological polar surface area (TPSA) is 80.9 Å². The molecule has 0 spiro atoms. The number of aliphatic carboxylic acids is 1. The Labute approximate surface area is 100 Å². The highest BCUT2D eigenvalue weighted by atomic mass is 16.4. The molecule has 0 amide bonds. The number of unbranched alkanes of at least 4 members (excludes halogenated alkanes) is 1. The van der Waals surface area contributed by atoms with E-state index in [-0.39, 0.29) is 0 Å². The largest absolute Gasteiger partial charge is 0.480 e. The van der Waals surface area contributed by atoms with E-state index < -0.39 is 12.0 Å². The molecule has 1 atom stereocenters. The van der Waals surface area contributed by atoms with E-state index in [1.807, 2.05) is 6.92 Å². The first-order valence-corrected chi connectivity index (χ1v) is 6.24. The van der Waals surface area contributed by atoms with Gasteiger partial charge in [0.15, 0.2) is 11.9 Å². The van der Waals surface area contributed by atoms with Gasteiger partial charge in [0.05, 0.1) is 0 Å². The minimum atomic E-state index is -0.841. The van der Waals surface area contributed by atoms with Gasteiger partial charge in [0.1, 0.15) is 0 Å². The molecule has 0 bridgehead atoms. The third kappa shape index (κ3) is 2.45. The summed E-state index contributed by atoms with van der Waals surface area (Å²) in [6.07, 6.45) is 5.77. The molecule has 2 rings (SSSR count). The molecule has 1 aliphatic carbocycles. The van der Waals surface area contributed by atoms with Crippen LogP contribution in [0, 0.1) is 0 Å². The van der Waals surface area contributed by atoms with Gasteiger partial charge in [-0.3, -0.25) is 0 Å². The maximum atomic E-state index is 11.3. The number of carboxylic acid groups (broad SMARTS) is 1. The van der Waals surface area contributed by atoms with Gasteiger partial charge < -0.3 is 5.11 Å². The van der Waals surface area contributed by atoms with E-state index >= 15 is 0 Å². The van der Waals surface area contributed by atoms with Crippen LogP contribution in [0.4, 0.5) is 0 Å². The molecule has 1 saturated carbocycles. The highest BCUT2D eigenvalue weighted by Gasteiger charge is 2.30. The Hall–Kier alpha value is -1.46. The van der Waals surface area contributed by atoms with Crippen molar-refractivity contribution < 1.29 is 9.90 Å². The summed E-state index contributed by atoms with van der Waals surface area (Å²) in [5.74, 6) is 0.263. The van der Waals surface area contributed by atoms with Crippen LogP contribution in [0.3, 0.4) is 0 Å². The Kier molecular flexibility index (Phi) is 3.71. The molecule has 94 valence electrons. The zero-order valence-electron chi connectivity index (χ0n) is 10.0. The third-order valence-corrected chi connectivity index (χ3v) is 3.40. The van der Waals surface area contributed by atoms with Gasteiger partial charge >= 0.3 is 5.97 Å². The number of carboxylic acids is 1. The Morgan fingerprint density at radius 2 is 2.35 bits per heavy atom. The molecule has 0 radical (unpaired) electrons. The van der Waals surface area contributed by atoms with Gasteiger partial charge in [-0.25, -0.2) is 9.48 Å². The van der Waals surface area contributed by atoms with Crippen molar-refractivity contribution in [1.82, 2.24) is 20.2 Å². The van der Waals surface area contributed by atoms with Crippen molar-refractivity contribution in [2.45, 2.75) is 57.4 Å². The van der Waals surface area contributed by atoms with Gasteiger partial charge in [-0.2, -0.15) is 0 Å². The molecule has 1 unspecified atom stereocenters. The zero-order valence-corrected chi connectivity index (χ0v) is 10.0. The molecule has 1 aromatic heterocycles. The second-order valence-corrected chi connectivity index (χ2v) is 4.61. The molecule has 1 aromatic rings. The minimum absolute atomic E-state index is 0.355. The lowest BCUT2D eigenvalue weighted by molar-refractivity contribution is -0.141. The number of hydrogen-bond acceptors (Lipinski definition) is 4. The number of carbonyl (C=O) groups is 1. The molecule has 0 aliphatic heterocycles. The van der Waals surface area contributed by atoms with Gasteiger partial charge in [-0.1, -0.05) is 26.2 Å². The lowest BCUT2D eigenvalue weighted by Gasteiger charge is -2.25. The summed E-state index contributed by atoms with van der Waals surface area (Å²) in [4.78, 5) is 11.3. The Morgan fingerprint density at radius 3 is 2.88 bits per heavy atom. The fraction of sp³-hybridized carbons (Fsp3) is 0.818. The first-order valence-electron chi connectivity index (χ1n) is 6.24. The molecule has 1 fully saturated rings. The van der Waals surface area contributed by atoms with Crippen LogP contribution in [0.25, 0.3) is 0 Å². The van der Waals surface area contributed by atoms with Gasteiger partial charge in [0.25, 0.3) is 0 Å². The highest BCUT2D eigenvalue weighted by Crippen LogP contribution is 2.35. The van der Waals surface area contributed by atoms with Crippen molar-refractivity contribution in [2.75, 3.05) is 0 Å². The van der Waals surface area contributed by atoms with E-state index in [1.54, 1.807) is 0 Å². The predicted molar refractivity (Wildman–Crippen MR) is 60.6 cm³/mol. The van der Waals surface area contributed by atoms with Crippen LogP contribution in [0.1, 0.15) is 63.2 Å². The lowest BCUT2D eigenvalue weighted by atomic mass is 9.84. The number of aromatic nitrogens is 4. The first-order chi connectivity index (χ1) is 8.24. The highest BCUT2D eigenvalue weighted by molar-refractivity contribution is 5.71. The smallest absolute Gasteiger partial charge is 0.328 e. The monoisotopic (exact) mass is 238 g/mol. The second-order valence-electron chi connectivity index (χ2n) is 4.61. The van der Waals surface area contributed by atoms with Gasteiger partial charge in [-0.05, 0) is 29.7 Å². The molecule has 0 aromatic carbocycles. The first kappa shape index (κ1) is 12.0. The average molecular weight is 238 g/mol. The summed E-state index contributed by atoms with van der Waals surface area (Å²) in [7, 11) is 0. The summed E-state index contributed by atoms with van der Waals surface area (Å²) < 4.78 is 1.52. The second kappa shape index (κ2) is 5.25. The fourth-order valence-electron chi connectivity index (χ4n) is 2.11. The molecule has 6 nitrogen and oxygen atoms in total. The van der Waals surface area contributed by atoms with E-state index in [9.17, 15) is 9.90 Å². The predicted octanol–water partition coefficient (Wildman–Crippen LogP) is 1.76. The van der Waals surface area contributed by atoms with Crippen LogP contribution < -0.4 is 0 Å². The summed E-state index contributed by atoms with van der Waals surface area (Å²) in [5.41, 5.74) is 0. The minimum Gasteiger partial charge on any atom is -0.480 e. The molecular formula is C11H18N4O2. The zero-order chi connectivity index (χ0) is 12.3. The standard InChI is InChI=1S/C11H18N4O2/c1-2-3-7-9(11(16)17)15-10(12-13-14-15)8-5-4-6-8/h8-9H,2-7H2,1H3,(H,16,17). The van der Waals surface area contributed by atoms with E-state index in [0.29, 0.717) is 12.3 Å². The Balaban J connectivity index is 2.16. The van der Waals surface area contributed by atoms with Gasteiger partial charge in [0.2, 0.25) is 0 Å². The molecular weight excluding hydrogens is 220 g/mol.